The molecule has 1 N–H and O–H groups in total. The van der Waals surface area contributed by atoms with Crippen LogP contribution >= 0.6 is 0 Å². The van der Waals surface area contributed by atoms with Crippen molar-refractivity contribution in [2.24, 2.45) is 5.10 Å². The van der Waals surface area contributed by atoms with Crippen LogP contribution in [0.2, 0.25) is 0 Å². The number of hydrogen-bond donors (Lipinski definition) is 1. The molecule has 3 aromatic carbocycles. The number of para-hydroxylation sites is 1. The number of amides is 1. The predicted octanol–water partition coefficient (Wildman–Crippen LogP) is 3.97. The second-order valence-corrected chi connectivity index (χ2v) is 6.19. The summed E-state index contributed by atoms with van der Waals surface area (Å²) in [5.41, 5.74) is 5.18. The van der Waals surface area contributed by atoms with Gasteiger partial charge in [0.25, 0.3) is 0 Å². The van der Waals surface area contributed by atoms with E-state index < -0.39 is 0 Å². The van der Waals surface area contributed by atoms with Crippen LogP contribution in [-0.4, -0.2) is 12.1 Å². The van der Waals surface area contributed by atoms with Crippen molar-refractivity contribution < 1.29 is 13.9 Å². The molecule has 0 bridgehead atoms. The zero-order valence-corrected chi connectivity index (χ0v) is 15.5. The molecular formula is C23H18FN3O2. The van der Waals surface area contributed by atoms with Crippen LogP contribution in [0.25, 0.3) is 0 Å². The van der Waals surface area contributed by atoms with E-state index in [1.807, 2.05) is 24.3 Å². The van der Waals surface area contributed by atoms with E-state index in [9.17, 15) is 14.4 Å². The first-order chi connectivity index (χ1) is 14.2. The SMILES string of the molecule is N#Cc1ccccc1COc1ccccc1/C=N/NC(=O)Cc1ccc(F)cc1. The van der Waals surface area contributed by atoms with Gasteiger partial charge in [0.1, 0.15) is 18.2 Å². The molecule has 0 spiro atoms. The second kappa shape index (κ2) is 9.81. The van der Waals surface area contributed by atoms with E-state index in [4.69, 9.17) is 4.74 Å². The molecule has 0 saturated heterocycles. The Hall–Kier alpha value is -3.98. The van der Waals surface area contributed by atoms with Crippen LogP contribution in [-0.2, 0) is 17.8 Å². The third-order valence-electron chi connectivity index (χ3n) is 4.11. The molecule has 0 aliphatic heterocycles. The van der Waals surface area contributed by atoms with Gasteiger partial charge in [-0.1, -0.05) is 42.5 Å². The summed E-state index contributed by atoms with van der Waals surface area (Å²) in [6.07, 6.45) is 1.59. The van der Waals surface area contributed by atoms with E-state index in [0.29, 0.717) is 22.4 Å². The van der Waals surface area contributed by atoms with Gasteiger partial charge in [-0.05, 0) is 35.9 Å². The Kier molecular flexibility index (Phi) is 6.69. The molecular weight excluding hydrogens is 369 g/mol. The topological polar surface area (TPSA) is 74.5 Å². The number of carbonyl (C=O) groups excluding carboxylic acids is 1. The Labute approximate surface area is 168 Å². The highest BCUT2D eigenvalue weighted by molar-refractivity contribution is 5.85. The lowest BCUT2D eigenvalue weighted by Gasteiger charge is -2.10. The molecule has 0 radical (unpaired) electrons. The fourth-order valence-corrected chi connectivity index (χ4v) is 2.63. The average Bonchev–Trinajstić information content (AvgIpc) is 2.75. The summed E-state index contributed by atoms with van der Waals surface area (Å²) in [6.45, 7) is 0.242. The monoisotopic (exact) mass is 387 g/mol. The van der Waals surface area contributed by atoms with Crippen molar-refractivity contribution in [2.75, 3.05) is 0 Å². The molecule has 1 amide bonds. The number of nitrogens with one attached hydrogen (secondary N) is 1. The number of carbonyl (C=O) groups is 1. The van der Waals surface area contributed by atoms with Crippen molar-refractivity contribution in [3.63, 3.8) is 0 Å². The molecule has 6 heteroatoms. The molecule has 0 aliphatic carbocycles. The molecule has 0 fully saturated rings. The molecule has 0 unspecified atom stereocenters. The van der Waals surface area contributed by atoms with Gasteiger partial charge in [0.05, 0.1) is 24.3 Å². The van der Waals surface area contributed by atoms with E-state index in [1.165, 1.54) is 18.3 Å². The minimum Gasteiger partial charge on any atom is -0.488 e. The first kappa shape index (κ1) is 19.8. The molecule has 29 heavy (non-hydrogen) atoms. The highest BCUT2D eigenvalue weighted by Gasteiger charge is 2.06. The van der Waals surface area contributed by atoms with Gasteiger partial charge in [-0.25, -0.2) is 9.82 Å². The number of halogens is 1. The molecule has 3 rings (SSSR count). The molecule has 0 aliphatic rings. The molecule has 0 atom stereocenters. The predicted molar refractivity (Wildman–Crippen MR) is 108 cm³/mol. The molecule has 5 nitrogen and oxygen atoms in total. The van der Waals surface area contributed by atoms with E-state index >= 15 is 0 Å². The summed E-state index contributed by atoms with van der Waals surface area (Å²) in [7, 11) is 0. The van der Waals surface area contributed by atoms with Crippen molar-refractivity contribution in [2.45, 2.75) is 13.0 Å². The van der Waals surface area contributed by atoms with Crippen molar-refractivity contribution in [3.05, 3.63) is 101 Å². The molecule has 3 aromatic rings. The fourth-order valence-electron chi connectivity index (χ4n) is 2.63. The number of ether oxygens (including phenoxy) is 1. The van der Waals surface area contributed by atoms with Crippen LogP contribution in [0.1, 0.15) is 22.3 Å². The largest absolute Gasteiger partial charge is 0.488 e. The zero-order chi connectivity index (χ0) is 20.5. The third kappa shape index (κ3) is 5.75. The van der Waals surface area contributed by atoms with Crippen LogP contribution in [0.4, 0.5) is 4.39 Å². The normalized spacial score (nSPS) is 10.5. The summed E-state index contributed by atoms with van der Waals surface area (Å²) in [4.78, 5) is 12.0. The summed E-state index contributed by atoms with van der Waals surface area (Å²) >= 11 is 0. The lowest BCUT2D eigenvalue weighted by molar-refractivity contribution is -0.120. The maximum Gasteiger partial charge on any atom is 0.244 e. The summed E-state index contributed by atoms with van der Waals surface area (Å²) in [5.74, 6) is -0.0767. The lowest BCUT2D eigenvalue weighted by Crippen LogP contribution is -2.19. The lowest BCUT2D eigenvalue weighted by atomic mass is 10.1. The standard InChI is InChI=1S/C23H18FN3O2/c24-21-11-9-17(10-12-21)13-23(28)27-26-15-19-6-3-4-8-22(19)29-16-20-7-2-1-5-18(20)14-25/h1-12,15H,13,16H2,(H,27,28)/b26-15+. The van der Waals surface area contributed by atoms with E-state index in [2.05, 4.69) is 16.6 Å². The Bertz CT molecular complexity index is 1060. The molecule has 0 aromatic heterocycles. The minimum absolute atomic E-state index is 0.0979. The first-order valence-electron chi connectivity index (χ1n) is 8.92. The Balaban J connectivity index is 1.60. The van der Waals surface area contributed by atoms with Crippen molar-refractivity contribution in [3.8, 4) is 11.8 Å². The minimum atomic E-state index is -0.346. The van der Waals surface area contributed by atoms with Crippen molar-refractivity contribution >= 4 is 12.1 Å². The van der Waals surface area contributed by atoms with Gasteiger partial charge in [-0.15, -0.1) is 0 Å². The smallest absolute Gasteiger partial charge is 0.244 e. The number of nitrogens with zero attached hydrogens (tertiary/aromatic N) is 2. The quantitative estimate of drug-likeness (QED) is 0.492. The highest BCUT2D eigenvalue weighted by atomic mass is 19.1. The molecule has 0 heterocycles. The van der Waals surface area contributed by atoms with E-state index in [1.54, 1.807) is 36.4 Å². The third-order valence-corrected chi connectivity index (χ3v) is 4.11. The van der Waals surface area contributed by atoms with Crippen molar-refractivity contribution in [1.29, 1.82) is 5.26 Å². The summed E-state index contributed by atoms with van der Waals surface area (Å²) < 4.78 is 18.8. The Morgan fingerprint density at radius 3 is 2.59 bits per heavy atom. The number of hydrazone groups is 1. The molecule has 0 saturated carbocycles. The Morgan fingerprint density at radius 1 is 1.07 bits per heavy atom. The zero-order valence-electron chi connectivity index (χ0n) is 15.5. The second-order valence-electron chi connectivity index (χ2n) is 6.19. The van der Waals surface area contributed by atoms with Crippen LogP contribution in [0.15, 0.2) is 77.9 Å². The van der Waals surface area contributed by atoms with Gasteiger partial charge in [0, 0.05) is 11.1 Å². The van der Waals surface area contributed by atoms with Crippen LogP contribution in [0.5, 0.6) is 5.75 Å². The first-order valence-corrected chi connectivity index (χ1v) is 8.92. The van der Waals surface area contributed by atoms with Crippen LogP contribution in [0, 0.1) is 17.1 Å². The number of rotatable bonds is 7. The van der Waals surface area contributed by atoms with E-state index in [-0.39, 0.29) is 24.8 Å². The number of benzene rings is 3. The fraction of sp³-hybridized carbons (Fsp3) is 0.0870. The summed E-state index contributed by atoms with van der Waals surface area (Å²) in [6, 6.07) is 22.4. The number of nitriles is 1. The maximum atomic E-state index is 12.9. The van der Waals surface area contributed by atoms with Gasteiger partial charge in [-0.2, -0.15) is 10.4 Å². The highest BCUT2D eigenvalue weighted by Crippen LogP contribution is 2.18. The van der Waals surface area contributed by atoms with Crippen LogP contribution < -0.4 is 10.2 Å². The summed E-state index contributed by atoms with van der Waals surface area (Å²) in [5, 5.41) is 13.1. The van der Waals surface area contributed by atoms with Gasteiger partial charge >= 0.3 is 0 Å². The molecule has 144 valence electrons. The van der Waals surface area contributed by atoms with Gasteiger partial charge in [-0.3, -0.25) is 4.79 Å². The Morgan fingerprint density at radius 2 is 1.79 bits per heavy atom. The van der Waals surface area contributed by atoms with E-state index in [0.717, 1.165) is 5.56 Å². The van der Waals surface area contributed by atoms with Gasteiger partial charge < -0.3 is 4.74 Å². The van der Waals surface area contributed by atoms with Crippen LogP contribution in [0.3, 0.4) is 0 Å². The van der Waals surface area contributed by atoms with Gasteiger partial charge in [0.15, 0.2) is 0 Å². The van der Waals surface area contributed by atoms with Crippen molar-refractivity contribution in [1.82, 2.24) is 5.43 Å². The average molecular weight is 387 g/mol. The number of hydrogen-bond acceptors (Lipinski definition) is 4. The maximum absolute atomic E-state index is 12.9. The van der Waals surface area contributed by atoms with Gasteiger partial charge in [0.2, 0.25) is 5.91 Å².